The Balaban J connectivity index is 2.90. The van der Waals surface area contributed by atoms with Gasteiger partial charge in [0.05, 0.1) is 0 Å². The lowest BCUT2D eigenvalue weighted by Gasteiger charge is -2.18. The molecule has 2 N–H and O–H groups in total. The maximum absolute atomic E-state index is 11.8. The molecule has 0 heterocycles. The number of hydrogen-bond donors (Lipinski definition) is 1. The highest BCUT2D eigenvalue weighted by Gasteiger charge is 2.14. The molecule has 4 nitrogen and oxygen atoms in total. The Labute approximate surface area is 129 Å². The van der Waals surface area contributed by atoms with Crippen LogP contribution >= 0.6 is 15.9 Å². The van der Waals surface area contributed by atoms with Gasteiger partial charge < -0.3 is 15.4 Å². The molecule has 1 aromatic rings. The molecule has 5 heteroatoms. The summed E-state index contributed by atoms with van der Waals surface area (Å²) in [5.74, 6) is 0.741. The Morgan fingerprint density at radius 1 is 1.50 bits per heavy atom. The molecule has 0 bridgehead atoms. The van der Waals surface area contributed by atoms with E-state index >= 15 is 0 Å². The molecular formula is C15H23BrN2O2. The number of aryl methyl sites for hydroxylation is 1. The molecule has 0 aliphatic rings. The van der Waals surface area contributed by atoms with Crippen molar-refractivity contribution in [3.05, 3.63) is 27.7 Å². The lowest BCUT2D eigenvalue weighted by Crippen LogP contribution is -2.31. The van der Waals surface area contributed by atoms with Crippen LogP contribution in [0.1, 0.15) is 25.0 Å². The van der Waals surface area contributed by atoms with E-state index in [4.69, 9.17) is 10.5 Å². The monoisotopic (exact) mass is 342 g/mol. The maximum Gasteiger partial charge on any atom is 0.260 e. The third-order valence-corrected chi connectivity index (χ3v) is 3.56. The smallest absolute Gasteiger partial charge is 0.260 e. The van der Waals surface area contributed by atoms with Crippen molar-refractivity contribution in [2.45, 2.75) is 33.2 Å². The Bertz CT molecular complexity index is 475. The molecule has 0 radical (unpaired) electrons. The number of rotatable bonds is 6. The number of hydrogen-bond acceptors (Lipinski definition) is 3. The first-order valence-corrected chi connectivity index (χ1v) is 7.55. The van der Waals surface area contributed by atoms with E-state index in [9.17, 15) is 4.79 Å². The first kappa shape index (κ1) is 17.0. The number of carbonyl (C=O) groups excluding carboxylic acids is 1. The summed E-state index contributed by atoms with van der Waals surface area (Å²) in [6.07, 6.45) is 0.716. The Hall–Kier alpha value is -1.07. The molecular weight excluding hydrogens is 320 g/mol. The van der Waals surface area contributed by atoms with Crippen LogP contribution in [-0.2, 0) is 11.2 Å². The fourth-order valence-corrected chi connectivity index (χ4v) is 2.54. The molecule has 1 atom stereocenters. The van der Waals surface area contributed by atoms with Crippen molar-refractivity contribution in [3.8, 4) is 5.75 Å². The lowest BCUT2D eigenvalue weighted by atomic mass is 10.0. The number of amides is 1. The predicted molar refractivity (Wildman–Crippen MR) is 85.0 cm³/mol. The van der Waals surface area contributed by atoms with E-state index in [1.807, 2.05) is 32.9 Å². The fraction of sp³-hybridized carbons (Fsp3) is 0.533. The first-order valence-electron chi connectivity index (χ1n) is 6.76. The van der Waals surface area contributed by atoms with Crippen LogP contribution in [0.2, 0.25) is 0 Å². The summed E-state index contributed by atoms with van der Waals surface area (Å²) in [6, 6.07) is 4.02. The summed E-state index contributed by atoms with van der Waals surface area (Å²) in [5.41, 5.74) is 7.90. The summed E-state index contributed by atoms with van der Waals surface area (Å²) < 4.78 is 6.74. The Kier molecular flexibility index (Phi) is 6.49. The minimum Gasteiger partial charge on any atom is -0.483 e. The van der Waals surface area contributed by atoms with Crippen molar-refractivity contribution in [2.24, 2.45) is 5.73 Å². The van der Waals surface area contributed by atoms with Gasteiger partial charge in [-0.1, -0.05) is 15.9 Å². The van der Waals surface area contributed by atoms with Crippen LogP contribution in [0, 0.1) is 6.92 Å². The SMILES string of the molecule is CCN(C)C(=O)COc1c(C)cc(Br)cc1CC(C)N. The minimum atomic E-state index is -0.0263. The number of halogens is 1. The van der Waals surface area contributed by atoms with Crippen molar-refractivity contribution < 1.29 is 9.53 Å². The first-order chi connectivity index (χ1) is 9.35. The van der Waals surface area contributed by atoms with Crippen LogP contribution in [0.25, 0.3) is 0 Å². The summed E-state index contributed by atoms with van der Waals surface area (Å²) in [6.45, 7) is 6.59. The number of nitrogens with zero attached hydrogens (tertiary/aromatic N) is 1. The average Bonchev–Trinajstić information content (AvgIpc) is 2.35. The van der Waals surface area contributed by atoms with E-state index in [1.165, 1.54) is 0 Å². The van der Waals surface area contributed by atoms with Crippen LogP contribution < -0.4 is 10.5 Å². The van der Waals surface area contributed by atoms with Gasteiger partial charge in [0.1, 0.15) is 5.75 Å². The van der Waals surface area contributed by atoms with Gasteiger partial charge in [0, 0.05) is 24.1 Å². The minimum absolute atomic E-state index is 0.0263. The van der Waals surface area contributed by atoms with Crippen molar-refractivity contribution in [3.63, 3.8) is 0 Å². The zero-order chi connectivity index (χ0) is 15.3. The molecule has 0 aliphatic heterocycles. The molecule has 0 aliphatic carbocycles. The summed E-state index contributed by atoms with van der Waals surface area (Å²) >= 11 is 3.48. The second-order valence-electron chi connectivity index (χ2n) is 5.09. The van der Waals surface area contributed by atoms with Crippen LogP contribution in [0.15, 0.2) is 16.6 Å². The van der Waals surface area contributed by atoms with E-state index in [1.54, 1.807) is 11.9 Å². The van der Waals surface area contributed by atoms with Gasteiger partial charge in [0.25, 0.3) is 5.91 Å². The van der Waals surface area contributed by atoms with Gasteiger partial charge in [-0.2, -0.15) is 0 Å². The number of likely N-dealkylation sites (N-methyl/N-ethyl adjacent to an activating group) is 1. The molecule has 20 heavy (non-hydrogen) atoms. The molecule has 1 rings (SSSR count). The zero-order valence-corrected chi connectivity index (χ0v) is 14.2. The summed E-state index contributed by atoms with van der Waals surface area (Å²) in [7, 11) is 1.77. The van der Waals surface area contributed by atoms with Crippen molar-refractivity contribution in [2.75, 3.05) is 20.2 Å². The molecule has 1 unspecified atom stereocenters. The van der Waals surface area contributed by atoms with E-state index < -0.39 is 0 Å². The highest BCUT2D eigenvalue weighted by Crippen LogP contribution is 2.29. The highest BCUT2D eigenvalue weighted by molar-refractivity contribution is 9.10. The Morgan fingerprint density at radius 3 is 2.70 bits per heavy atom. The fourth-order valence-electron chi connectivity index (χ4n) is 1.92. The van der Waals surface area contributed by atoms with Crippen LogP contribution in [-0.4, -0.2) is 37.0 Å². The van der Waals surface area contributed by atoms with Gasteiger partial charge in [-0.05, 0) is 50.5 Å². The molecule has 0 fully saturated rings. The van der Waals surface area contributed by atoms with Crippen LogP contribution in [0.4, 0.5) is 0 Å². The number of carbonyl (C=O) groups is 1. The molecule has 112 valence electrons. The van der Waals surface area contributed by atoms with E-state index in [0.29, 0.717) is 13.0 Å². The largest absolute Gasteiger partial charge is 0.483 e. The van der Waals surface area contributed by atoms with Gasteiger partial charge in [-0.3, -0.25) is 4.79 Å². The maximum atomic E-state index is 11.8. The van der Waals surface area contributed by atoms with Crippen LogP contribution in [0.3, 0.4) is 0 Å². The summed E-state index contributed by atoms with van der Waals surface area (Å²) in [5, 5.41) is 0. The van der Waals surface area contributed by atoms with Crippen molar-refractivity contribution in [1.82, 2.24) is 4.90 Å². The van der Waals surface area contributed by atoms with Gasteiger partial charge >= 0.3 is 0 Å². The molecule has 0 spiro atoms. The molecule has 0 saturated heterocycles. The van der Waals surface area contributed by atoms with Crippen molar-refractivity contribution in [1.29, 1.82) is 0 Å². The van der Waals surface area contributed by atoms with Gasteiger partial charge in [-0.25, -0.2) is 0 Å². The van der Waals surface area contributed by atoms with Gasteiger partial charge in [-0.15, -0.1) is 0 Å². The molecule has 1 amide bonds. The zero-order valence-electron chi connectivity index (χ0n) is 12.6. The summed E-state index contributed by atoms with van der Waals surface area (Å²) in [4.78, 5) is 13.5. The number of benzene rings is 1. The predicted octanol–water partition coefficient (Wildman–Crippen LogP) is 2.50. The van der Waals surface area contributed by atoms with Crippen LogP contribution in [0.5, 0.6) is 5.75 Å². The van der Waals surface area contributed by atoms with E-state index in [0.717, 1.165) is 21.3 Å². The third kappa shape index (κ3) is 4.80. The number of ether oxygens (including phenoxy) is 1. The number of nitrogens with two attached hydrogens (primary N) is 1. The topological polar surface area (TPSA) is 55.6 Å². The lowest BCUT2D eigenvalue weighted by molar-refractivity contribution is -0.131. The van der Waals surface area contributed by atoms with E-state index in [2.05, 4.69) is 15.9 Å². The quantitative estimate of drug-likeness (QED) is 0.864. The van der Waals surface area contributed by atoms with Crippen molar-refractivity contribution >= 4 is 21.8 Å². The molecule has 1 aromatic carbocycles. The average molecular weight is 343 g/mol. The highest BCUT2D eigenvalue weighted by atomic mass is 79.9. The standard InChI is InChI=1S/C15H23BrN2O2/c1-5-18(4)14(19)9-20-15-10(2)6-13(16)8-12(15)7-11(3)17/h6,8,11H,5,7,9,17H2,1-4H3. The second-order valence-corrected chi connectivity index (χ2v) is 6.00. The third-order valence-electron chi connectivity index (χ3n) is 3.10. The van der Waals surface area contributed by atoms with Gasteiger partial charge in [0.15, 0.2) is 6.61 Å². The molecule has 0 aromatic heterocycles. The Morgan fingerprint density at radius 2 is 2.15 bits per heavy atom. The van der Waals surface area contributed by atoms with Gasteiger partial charge in [0.2, 0.25) is 0 Å². The van der Waals surface area contributed by atoms with E-state index in [-0.39, 0.29) is 18.6 Å². The molecule has 0 saturated carbocycles. The second kappa shape index (κ2) is 7.64. The normalized spacial score (nSPS) is 12.1.